The molecule has 0 radical (unpaired) electrons. The summed E-state index contributed by atoms with van der Waals surface area (Å²) in [5, 5.41) is 4.44. The molecule has 0 fully saturated rings. The Labute approximate surface area is 145 Å². The monoisotopic (exact) mass is 369 g/mol. The zero-order chi connectivity index (χ0) is 18.6. The van der Waals surface area contributed by atoms with Gasteiger partial charge in [0, 0.05) is 11.5 Å². The van der Waals surface area contributed by atoms with Crippen LogP contribution in [0.2, 0.25) is 0 Å². The molecule has 0 saturated heterocycles. The molecule has 0 atom stereocenters. The molecule has 2 aromatic rings. The standard InChI is InChI=1S/C16H14F3N3O2S/c1-9(10-2-4-11(5-3-10)16(17,18)19)6-14(24)22-15-21-12(8-25-15)7-13(20)23/h2-6,8H,7H2,1H3,(H2,20,23)(H,21,22,24). The number of nitrogens with two attached hydrogens (primary N) is 1. The summed E-state index contributed by atoms with van der Waals surface area (Å²) in [4.78, 5) is 26.8. The highest BCUT2D eigenvalue weighted by molar-refractivity contribution is 7.14. The number of aromatic nitrogens is 1. The van der Waals surface area contributed by atoms with Crippen LogP contribution in [0, 0.1) is 0 Å². The molecule has 2 amide bonds. The predicted octanol–water partition coefficient (Wildman–Crippen LogP) is 3.23. The van der Waals surface area contributed by atoms with Crippen molar-refractivity contribution in [2.45, 2.75) is 19.5 Å². The second-order valence-electron chi connectivity index (χ2n) is 5.18. The molecule has 1 heterocycles. The van der Waals surface area contributed by atoms with E-state index in [1.807, 2.05) is 0 Å². The van der Waals surface area contributed by atoms with Crippen LogP contribution in [0.5, 0.6) is 0 Å². The van der Waals surface area contributed by atoms with Crippen LogP contribution in [0.25, 0.3) is 5.57 Å². The van der Waals surface area contributed by atoms with Crippen LogP contribution in [-0.2, 0) is 22.2 Å². The number of rotatable bonds is 5. The molecule has 9 heteroatoms. The quantitative estimate of drug-likeness (QED) is 0.794. The van der Waals surface area contributed by atoms with Gasteiger partial charge in [-0.1, -0.05) is 12.1 Å². The molecule has 25 heavy (non-hydrogen) atoms. The minimum Gasteiger partial charge on any atom is -0.369 e. The summed E-state index contributed by atoms with van der Waals surface area (Å²) in [6, 6.07) is 4.52. The smallest absolute Gasteiger partial charge is 0.369 e. The van der Waals surface area contributed by atoms with Crippen molar-refractivity contribution in [2.75, 3.05) is 5.32 Å². The van der Waals surface area contributed by atoms with Gasteiger partial charge >= 0.3 is 6.18 Å². The second kappa shape index (κ2) is 7.47. The molecule has 0 aliphatic rings. The van der Waals surface area contributed by atoms with Gasteiger partial charge < -0.3 is 5.73 Å². The van der Waals surface area contributed by atoms with Gasteiger partial charge in [0.15, 0.2) is 5.13 Å². The molecule has 0 unspecified atom stereocenters. The van der Waals surface area contributed by atoms with E-state index in [1.165, 1.54) is 18.2 Å². The number of allylic oxidation sites excluding steroid dienone is 1. The summed E-state index contributed by atoms with van der Waals surface area (Å²) in [7, 11) is 0. The van der Waals surface area contributed by atoms with E-state index in [0.29, 0.717) is 22.0 Å². The Morgan fingerprint density at radius 2 is 1.92 bits per heavy atom. The molecule has 2 rings (SSSR count). The summed E-state index contributed by atoms with van der Waals surface area (Å²) < 4.78 is 37.6. The van der Waals surface area contributed by atoms with Gasteiger partial charge in [-0.3, -0.25) is 14.9 Å². The Kier molecular flexibility index (Phi) is 5.58. The van der Waals surface area contributed by atoms with Crippen molar-refractivity contribution in [3.63, 3.8) is 0 Å². The van der Waals surface area contributed by atoms with Crippen LogP contribution < -0.4 is 11.1 Å². The van der Waals surface area contributed by atoms with E-state index < -0.39 is 23.6 Å². The lowest BCUT2D eigenvalue weighted by atomic mass is 10.0. The third-order valence-electron chi connectivity index (χ3n) is 3.15. The maximum atomic E-state index is 12.5. The number of hydrogen-bond donors (Lipinski definition) is 2. The zero-order valence-electron chi connectivity index (χ0n) is 13.1. The number of halogens is 3. The fourth-order valence-electron chi connectivity index (χ4n) is 1.97. The Hall–Kier alpha value is -2.68. The van der Waals surface area contributed by atoms with Crippen LogP contribution in [0.4, 0.5) is 18.3 Å². The van der Waals surface area contributed by atoms with E-state index in [2.05, 4.69) is 10.3 Å². The Morgan fingerprint density at radius 1 is 1.28 bits per heavy atom. The van der Waals surface area contributed by atoms with E-state index >= 15 is 0 Å². The molecule has 0 aliphatic carbocycles. The number of carbonyl (C=O) groups is 2. The molecule has 132 valence electrons. The number of carbonyl (C=O) groups excluding carboxylic acids is 2. The van der Waals surface area contributed by atoms with Crippen molar-refractivity contribution in [3.8, 4) is 0 Å². The molecule has 0 bridgehead atoms. The van der Waals surface area contributed by atoms with E-state index in [0.717, 1.165) is 23.5 Å². The van der Waals surface area contributed by atoms with Gasteiger partial charge in [0.05, 0.1) is 17.7 Å². The SMILES string of the molecule is CC(=CC(=O)Nc1nc(CC(N)=O)cs1)c1ccc(C(F)(F)F)cc1. The van der Waals surface area contributed by atoms with Crippen molar-refractivity contribution in [3.05, 3.63) is 52.5 Å². The van der Waals surface area contributed by atoms with Crippen LogP contribution >= 0.6 is 11.3 Å². The Bertz CT molecular complexity index is 811. The first-order valence-corrected chi connectivity index (χ1v) is 7.93. The predicted molar refractivity (Wildman–Crippen MR) is 88.7 cm³/mol. The van der Waals surface area contributed by atoms with E-state index in [4.69, 9.17) is 5.73 Å². The van der Waals surface area contributed by atoms with Gasteiger partial charge in [0.25, 0.3) is 0 Å². The average Bonchev–Trinajstić information content (AvgIpc) is 2.92. The second-order valence-corrected chi connectivity index (χ2v) is 6.04. The van der Waals surface area contributed by atoms with Gasteiger partial charge in [0.2, 0.25) is 11.8 Å². The van der Waals surface area contributed by atoms with E-state index in [9.17, 15) is 22.8 Å². The van der Waals surface area contributed by atoms with Crippen molar-refractivity contribution in [1.82, 2.24) is 4.98 Å². The minimum atomic E-state index is -4.40. The van der Waals surface area contributed by atoms with Crippen molar-refractivity contribution < 1.29 is 22.8 Å². The van der Waals surface area contributed by atoms with E-state index in [1.54, 1.807) is 12.3 Å². The third-order valence-corrected chi connectivity index (χ3v) is 3.96. The molecule has 3 N–H and O–H groups in total. The van der Waals surface area contributed by atoms with Crippen molar-refractivity contribution >= 4 is 33.9 Å². The molecular formula is C16H14F3N3O2S. The highest BCUT2D eigenvalue weighted by Crippen LogP contribution is 2.30. The molecule has 0 aliphatic heterocycles. The molecule has 5 nitrogen and oxygen atoms in total. The first-order chi connectivity index (χ1) is 11.6. The lowest BCUT2D eigenvalue weighted by Gasteiger charge is -2.08. The number of primary amides is 1. The fourth-order valence-corrected chi connectivity index (χ4v) is 2.68. The molecule has 1 aromatic carbocycles. The maximum absolute atomic E-state index is 12.5. The van der Waals surface area contributed by atoms with Crippen LogP contribution in [0.1, 0.15) is 23.7 Å². The largest absolute Gasteiger partial charge is 0.416 e. The van der Waals surface area contributed by atoms with Crippen molar-refractivity contribution in [2.24, 2.45) is 5.73 Å². The van der Waals surface area contributed by atoms with Gasteiger partial charge in [-0.05, 0) is 30.2 Å². The number of nitrogens with zero attached hydrogens (tertiary/aromatic N) is 1. The minimum absolute atomic E-state index is 0.0210. The lowest BCUT2D eigenvalue weighted by molar-refractivity contribution is -0.137. The summed E-state index contributed by atoms with van der Waals surface area (Å²) in [5.41, 5.74) is 5.76. The number of benzene rings is 1. The van der Waals surface area contributed by atoms with Crippen LogP contribution in [0.3, 0.4) is 0 Å². The first kappa shape index (κ1) is 18.7. The topological polar surface area (TPSA) is 85.1 Å². The number of thiazole rings is 1. The number of alkyl halides is 3. The zero-order valence-corrected chi connectivity index (χ0v) is 13.9. The summed E-state index contributed by atoms with van der Waals surface area (Å²) in [6.45, 7) is 1.61. The highest BCUT2D eigenvalue weighted by Gasteiger charge is 2.29. The fraction of sp³-hybridized carbons (Fsp3) is 0.188. The molecule has 0 saturated carbocycles. The summed E-state index contributed by atoms with van der Waals surface area (Å²) in [5.74, 6) is -1.00. The third kappa shape index (κ3) is 5.42. The first-order valence-electron chi connectivity index (χ1n) is 7.05. The van der Waals surface area contributed by atoms with Gasteiger partial charge in [-0.25, -0.2) is 4.98 Å². The van der Waals surface area contributed by atoms with Crippen molar-refractivity contribution in [1.29, 1.82) is 0 Å². The molecule has 1 aromatic heterocycles. The van der Waals surface area contributed by atoms with E-state index in [-0.39, 0.29) is 6.42 Å². The molecular weight excluding hydrogens is 355 g/mol. The summed E-state index contributed by atoms with van der Waals surface area (Å²) >= 11 is 1.14. The number of anilines is 1. The van der Waals surface area contributed by atoms with Gasteiger partial charge in [-0.2, -0.15) is 13.2 Å². The normalized spacial score (nSPS) is 12.1. The summed E-state index contributed by atoms with van der Waals surface area (Å²) in [6.07, 6.45) is -3.16. The maximum Gasteiger partial charge on any atom is 0.416 e. The molecule has 0 spiro atoms. The van der Waals surface area contributed by atoms with Crippen LogP contribution in [0.15, 0.2) is 35.7 Å². The van der Waals surface area contributed by atoms with Gasteiger partial charge in [0.1, 0.15) is 0 Å². The lowest BCUT2D eigenvalue weighted by Crippen LogP contribution is -2.14. The highest BCUT2D eigenvalue weighted by atomic mass is 32.1. The van der Waals surface area contributed by atoms with Crippen LogP contribution in [-0.4, -0.2) is 16.8 Å². The van der Waals surface area contributed by atoms with Gasteiger partial charge in [-0.15, -0.1) is 11.3 Å². The Balaban J connectivity index is 2.04. The Morgan fingerprint density at radius 3 is 2.48 bits per heavy atom. The number of nitrogens with one attached hydrogen (secondary N) is 1. The number of amides is 2. The average molecular weight is 369 g/mol. The number of hydrogen-bond acceptors (Lipinski definition) is 4.